The molecule has 1 fully saturated rings. The molecular formula is C24H24ClN7. The number of nitrogens with zero attached hydrogens (tertiary/aromatic N) is 5. The molecule has 3 aromatic rings. The molecule has 8 heteroatoms. The summed E-state index contributed by atoms with van der Waals surface area (Å²) in [5, 5.41) is 0.403. The number of hydrogen-bond acceptors (Lipinski definition) is 7. The van der Waals surface area contributed by atoms with Gasteiger partial charge in [0.2, 0.25) is 0 Å². The fourth-order valence-corrected chi connectivity index (χ4v) is 5.65. The Morgan fingerprint density at radius 2 is 1.91 bits per heavy atom. The van der Waals surface area contributed by atoms with Crippen molar-refractivity contribution in [2.75, 3.05) is 23.7 Å². The van der Waals surface area contributed by atoms with Gasteiger partial charge in [-0.1, -0.05) is 35.9 Å². The van der Waals surface area contributed by atoms with E-state index in [0.717, 1.165) is 60.8 Å². The molecule has 2 aliphatic heterocycles. The number of nitrogen functional groups attached to an aromatic ring is 1. The zero-order valence-corrected chi connectivity index (χ0v) is 18.4. The lowest BCUT2D eigenvalue weighted by molar-refractivity contribution is 0.187. The van der Waals surface area contributed by atoms with Gasteiger partial charge in [-0.2, -0.15) is 0 Å². The molecule has 0 saturated carbocycles. The predicted octanol–water partition coefficient (Wildman–Crippen LogP) is 3.30. The number of halogens is 1. The molecule has 1 atom stereocenters. The van der Waals surface area contributed by atoms with E-state index in [0.29, 0.717) is 17.4 Å². The highest BCUT2D eigenvalue weighted by atomic mass is 35.5. The molecule has 3 aliphatic rings. The smallest absolute Gasteiger partial charge is 0.147 e. The molecule has 1 saturated heterocycles. The van der Waals surface area contributed by atoms with Crippen molar-refractivity contribution >= 4 is 28.9 Å². The van der Waals surface area contributed by atoms with Crippen LogP contribution in [-0.4, -0.2) is 33.8 Å². The number of aromatic nitrogens is 3. The third kappa shape index (κ3) is 2.92. The number of aliphatic imine (C=N–C) groups is 1. The van der Waals surface area contributed by atoms with Gasteiger partial charge in [-0.05, 0) is 41.9 Å². The SMILES string of the molecule is Nc1nccc(C2=NCc3nc(N4CCC5(CC4)Cc4ccccc4[C@H]5N)cnc32)c1Cl. The maximum atomic E-state index is 6.72. The Labute approximate surface area is 191 Å². The van der Waals surface area contributed by atoms with E-state index in [-0.39, 0.29) is 11.5 Å². The highest BCUT2D eigenvalue weighted by molar-refractivity contribution is 6.37. The second-order valence-corrected chi connectivity index (χ2v) is 9.33. The van der Waals surface area contributed by atoms with Crippen molar-refractivity contribution in [3.63, 3.8) is 0 Å². The number of anilines is 2. The van der Waals surface area contributed by atoms with Gasteiger partial charge < -0.3 is 16.4 Å². The highest BCUT2D eigenvalue weighted by Crippen LogP contribution is 2.50. The molecule has 1 spiro atoms. The van der Waals surface area contributed by atoms with Crippen molar-refractivity contribution < 1.29 is 0 Å². The highest BCUT2D eigenvalue weighted by Gasteiger charge is 2.46. The Kier molecular flexibility index (Phi) is 4.45. The second-order valence-electron chi connectivity index (χ2n) is 8.95. The third-order valence-corrected chi connectivity index (χ3v) is 7.69. The summed E-state index contributed by atoms with van der Waals surface area (Å²) in [6, 6.07) is 10.5. The lowest BCUT2D eigenvalue weighted by Crippen LogP contribution is -2.44. The van der Waals surface area contributed by atoms with Crippen molar-refractivity contribution in [3.05, 3.63) is 75.8 Å². The first kappa shape index (κ1) is 19.6. The van der Waals surface area contributed by atoms with Gasteiger partial charge in [-0.15, -0.1) is 0 Å². The van der Waals surface area contributed by atoms with Crippen molar-refractivity contribution in [1.29, 1.82) is 0 Å². The molecule has 162 valence electrons. The molecule has 6 rings (SSSR count). The van der Waals surface area contributed by atoms with Crippen LogP contribution >= 0.6 is 11.6 Å². The van der Waals surface area contributed by atoms with Crippen LogP contribution in [-0.2, 0) is 13.0 Å². The summed E-state index contributed by atoms with van der Waals surface area (Å²) in [6.45, 7) is 2.34. The second kappa shape index (κ2) is 7.25. The first-order valence-corrected chi connectivity index (χ1v) is 11.3. The number of piperidine rings is 1. The minimum Gasteiger partial charge on any atom is -0.382 e. The molecule has 1 aliphatic carbocycles. The summed E-state index contributed by atoms with van der Waals surface area (Å²) in [4.78, 5) is 20.6. The Bertz CT molecular complexity index is 1250. The Morgan fingerprint density at radius 1 is 1.09 bits per heavy atom. The molecule has 2 aromatic heterocycles. The van der Waals surface area contributed by atoms with E-state index in [1.807, 2.05) is 12.3 Å². The zero-order valence-electron chi connectivity index (χ0n) is 17.6. The van der Waals surface area contributed by atoms with Gasteiger partial charge in [0, 0.05) is 30.9 Å². The van der Waals surface area contributed by atoms with E-state index in [1.54, 1.807) is 6.20 Å². The summed E-state index contributed by atoms with van der Waals surface area (Å²) in [5.41, 5.74) is 18.6. The van der Waals surface area contributed by atoms with Gasteiger partial charge >= 0.3 is 0 Å². The lowest BCUT2D eigenvalue weighted by atomic mass is 9.73. The molecule has 0 bridgehead atoms. The van der Waals surface area contributed by atoms with Crippen molar-refractivity contribution in [1.82, 2.24) is 15.0 Å². The van der Waals surface area contributed by atoms with E-state index < -0.39 is 0 Å². The van der Waals surface area contributed by atoms with Crippen LogP contribution in [0.2, 0.25) is 5.02 Å². The van der Waals surface area contributed by atoms with Crippen LogP contribution in [0.15, 0.2) is 47.7 Å². The molecule has 1 aromatic carbocycles. The van der Waals surface area contributed by atoms with Gasteiger partial charge in [0.1, 0.15) is 17.3 Å². The first-order chi connectivity index (χ1) is 15.6. The monoisotopic (exact) mass is 445 g/mol. The Hall–Kier alpha value is -3.03. The first-order valence-electron chi connectivity index (χ1n) is 11.0. The average molecular weight is 446 g/mol. The normalized spacial score (nSPS) is 20.9. The fraction of sp³-hybridized carbons (Fsp3) is 0.333. The summed E-state index contributed by atoms with van der Waals surface area (Å²) in [5.74, 6) is 1.19. The van der Waals surface area contributed by atoms with Gasteiger partial charge in [-0.25, -0.2) is 15.0 Å². The van der Waals surface area contributed by atoms with Crippen LogP contribution in [0.3, 0.4) is 0 Å². The molecule has 32 heavy (non-hydrogen) atoms. The van der Waals surface area contributed by atoms with E-state index in [2.05, 4.69) is 39.1 Å². The average Bonchev–Trinajstić information content (AvgIpc) is 3.35. The van der Waals surface area contributed by atoms with E-state index in [9.17, 15) is 0 Å². The van der Waals surface area contributed by atoms with Crippen molar-refractivity contribution in [3.8, 4) is 0 Å². The van der Waals surface area contributed by atoms with Crippen LogP contribution < -0.4 is 16.4 Å². The summed E-state index contributed by atoms with van der Waals surface area (Å²) in [6.07, 6.45) is 6.65. The molecule has 0 unspecified atom stereocenters. The molecule has 4 heterocycles. The van der Waals surface area contributed by atoms with Crippen LogP contribution in [0.4, 0.5) is 11.6 Å². The number of fused-ring (bicyclic) bond motifs is 2. The number of hydrogen-bond donors (Lipinski definition) is 2. The topological polar surface area (TPSA) is 106 Å². The van der Waals surface area contributed by atoms with E-state index in [1.165, 1.54) is 11.1 Å². The van der Waals surface area contributed by atoms with E-state index >= 15 is 0 Å². The molecular weight excluding hydrogens is 422 g/mol. The van der Waals surface area contributed by atoms with Gasteiger partial charge in [0.25, 0.3) is 0 Å². The predicted molar refractivity (Wildman–Crippen MR) is 126 cm³/mol. The quantitative estimate of drug-likeness (QED) is 0.626. The van der Waals surface area contributed by atoms with Crippen LogP contribution in [0.5, 0.6) is 0 Å². The van der Waals surface area contributed by atoms with Crippen LogP contribution in [0, 0.1) is 5.41 Å². The van der Waals surface area contributed by atoms with Gasteiger partial charge in [0.15, 0.2) is 0 Å². The van der Waals surface area contributed by atoms with E-state index in [4.69, 9.17) is 33.0 Å². The number of nitrogens with two attached hydrogens (primary N) is 2. The molecule has 4 N–H and O–H groups in total. The summed E-state index contributed by atoms with van der Waals surface area (Å²) >= 11 is 6.36. The van der Waals surface area contributed by atoms with Gasteiger partial charge in [-0.3, -0.25) is 4.99 Å². The lowest BCUT2D eigenvalue weighted by Gasteiger charge is -2.42. The standard InChI is InChI=1S/C24H24ClN7/c25-19-16(5-8-28-23(19)27)20-21-17(12-29-20)31-18(13-30-21)32-9-6-24(7-10-32)11-14-3-1-2-4-15(14)22(24)26/h1-5,8,13,22H,6-7,9-12,26H2,(H2,27,28)/t22-/m1/s1. The largest absolute Gasteiger partial charge is 0.382 e. The number of benzene rings is 1. The fourth-order valence-electron chi connectivity index (χ4n) is 5.45. The van der Waals surface area contributed by atoms with Crippen molar-refractivity contribution in [2.24, 2.45) is 16.1 Å². The molecule has 0 amide bonds. The number of pyridine rings is 1. The third-order valence-electron chi connectivity index (χ3n) is 7.29. The van der Waals surface area contributed by atoms with Crippen molar-refractivity contribution in [2.45, 2.75) is 31.8 Å². The van der Waals surface area contributed by atoms with Crippen LogP contribution in [0.1, 0.15) is 47.0 Å². The minimum absolute atomic E-state index is 0.112. The maximum Gasteiger partial charge on any atom is 0.147 e. The maximum absolute atomic E-state index is 6.72. The minimum atomic E-state index is 0.112. The van der Waals surface area contributed by atoms with Crippen LogP contribution in [0.25, 0.3) is 0 Å². The number of rotatable bonds is 2. The molecule has 7 nitrogen and oxygen atoms in total. The summed E-state index contributed by atoms with van der Waals surface area (Å²) in [7, 11) is 0. The zero-order chi connectivity index (χ0) is 21.9. The molecule has 0 radical (unpaired) electrons. The Morgan fingerprint density at radius 3 is 2.72 bits per heavy atom. The Balaban J connectivity index is 1.21. The summed E-state index contributed by atoms with van der Waals surface area (Å²) < 4.78 is 0. The van der Waals surface area contributed by atoms with Gasteiger partial charge in [0.05, 0.1) is 29.2 Å².